The molecule has 3 rings (SSSR count). The summed E-state index contributed by atoms with van der Waals surface area (Å²) in [7, 11) is 0. The van der Waals surface area contributed by atoms with Crippen LogP contribution in [0.25, 0.3) is 0 Å². The van der Waals surface area contributed by atoms with Crippen molar-refractivity contribution in [3.05, 3.63) is 0 Å². The van der Waals surface area contributed by atoms with Gasteiger partial charge in [-0.2, -0.15) is 5.26 Å². The van der Waals surface area contributed by atoms with Crippen LogP contribution < -0.4 is 0 Å². The van der Waals surface area contributed by atoms with Crippen molar-refractivity contribution in [1.29, 1.82) is 5.26 Å². The molecule has 2 heteroatoms. The van der Waals surface area contributed by atoms with E-state index in [2.05, 4.69) is 12.3 Å². The normalized spacial score (nSPS) is 40.0. The molecule has 23 heavy (non-hydrogen) atoms. The van der Waals surface area contributed by atoms with E-state index in [1.165, 1.54) is 89.9 Å². The van der Waals surface area contributed by atoms with Gasteiger partial charge in [-0.05, 0) is 79.9 Å². The van der Waals surface area contributed by atoms with Gasteiger partial charge in [-0.3, -0.25) is 0 Å². The summed E-state index contributed by atoms with van der Waals surface area (Å²) in [6.45, 7) is 2.31. The highest BCUT2D eigenvalue weighted by Gasteiger charge is 2.53. The maximum Gasteiger partial charge on any atom is 0.133 e. The second kappa shape index (κ2) is 8.28. The first-order chi connectivity index (χ1) is 11.3. The van der Waals surface area contributed by atoms with Gasteiger partial charge in [-0.15, -0.1) is 0 Å². The molecule has 0 bridgehead atoms. The molecule has 3 saturated carbocycles. The van der Waals surface area contributed by atoms with Crippen LogP contribution >= 0.6 is 11.8 Å². The van der Waals surface area contributed by atoms with Gasteiger partial charge in [-0.25, -0.2) is 0 Å². The molecule has 0 heterocycles. The average molecular weight is 334 g/mol. The molecule has 3 aliphatic rings. The minimum atomic E-state index is 0.634. The smallest absolute Gasteiger partial charge is 0.133 e. The highest BCUT2D eigenvalue weighted by atomic mass is 32.2. The Balaban J connectivity index is 1.70. The summed E-state index contributed by atoms with van der Waals surface area (Å²) < 4.78 is 0. The molecule has 5 atom stereocenters. The zero-order valence-corrected chi connectivity index (χ0v) is 15.9. The van der Waals surface area contributed by atoms with Gasteiger partial charge in [0.25, 0.3) is 0 Å². The first-order valence-corrected chi connectivity index (χ1v) is 11.2. The van der Waals surface area contributed by atoms with E-state index in [0.717, 1.165) is 17.8 Å². The molecule has 0 amide bonds. The molecular formula is C21H35NS. The number of nitrogens with zero attached hydrogens (tertiary/aromatic N) is 1. The van der Waals surface area contributed by atoms with Crippen molar-refractivity contribution in [2.75, 3.05) is 0 Å². The van der Waals surface area contributed by atoms with E-state index in [0.29, 0.717) is 10.7 Å². The third-order valence-electron chi connectivity index (χ3n) is 7.55. The SMILES string of the molecule is CCCCCC[C@H]1CC[C@@H]2CCCC[C@]23CC[C@@H](SC#N)CC13. The fraction of sp³-hybridized carbons (Fsp3) is 0.952. The summed E-state index contributed by atoms with van der Waals surface area (Å²) in [6.07, 6.45) is 20.2. The lowest BCUT2D eigenvalue weighted by Crippen LogP contribution is -2.51. The standard InChI is InChI=1S/C21H35NS/c1-2-3-4-5-8-17-10-11-18-9-6-7-13-21(18)14-12-19(23-16-22)15-20(17)21/h17-20H,2-15H2,1H3/t17-,18-,19+,20?,21-/m0/s1. The summed E-state index contributed by atoms with van der Waals surface area (Å²) >= 11 is 1.58. The molecule has 0 saturated heterocycles. The maximum atomic E-state index is 9.12. The van der Waals surface area contributed by atoms with Gasteiger partial charge in [-0.1, -0.05) is 51.9 Å². The molecule has 0 radical (unpaired) electrons. The number of rotatable bonds is 6. The lowest BCUT2D eigenvalue weighted by Gasteiger charge is -2.59. The number of unbranched alkanes of at least 4 members (excludes halogenated alkanes) is 3. The second-order valence-electron chi connectivity index (χ2n) is 8.57. The summed E-state index contributed by atoms with van der Waals surface area (Å²) in [5.74, 6) is 2.95. The number of hydrogen-bond acceptors (Lipinski definition) is 2. The Bertz CT molecular complexity index is 415. The summed E-state index contributed by atoms with van der Waals surface area (Å²) in [6, 6.07) is 0. The molecule has 1 nitrogen and oxygen atoms in total. The van der Waals surface area contributed by atoms with Crippen LogP contribution in [0.2, 0.25) is 0 Å². The molecule has 0 aromatic rings. The third kappa shape index (κ3) is 3.76. The van der Waals surface area contributed by atoms with E-state index < -0.39 is 0 Å². The van der Waals surface area contributed by atoms with Gasteiger partial charge in [0.1, 0.15) is 5.40 Å². The van der Waals surface area contributed by atoms with Crippen LogP contribution in [-0.4, -0.2) is 5.25 Å². The predicted octanol–water partition coefficient (Wildman–Crippen LogP) is 6.93. The van der Waals surface area contributed by atoms with Crippen molar-refractivity contribution in [3.8, 4) is 5.40 Å². The summed E-state index contributed by atoms with van der Waals surface area (Å²) in [5, 5.41) is 12.2. The Hall–Kier alpha value is -0.160. The van der Waals surface area contributed by atoms with Gasteiger partial charge in [0.05, 0.1) is 0 Å². The van der Waals surface area contributed by atoms with E-state index in [4.69, 9.17) is 5.26 Å². The average Bonchev–Trinajstić information content (AvgIpc) is 2.58. The van der Waals surface area contributed by atoms with Gasteiger partial charge >= 0.3 is 0 Å². The molecule has 3 fully saturated rings. The van der Waals surface area contributed by atoms with Crippen LogP contribution in [0.1, 0.15) is 96.8 Å². The van der Waals surface area contributed by atoms with Crippen LogP contribution in [0.3, 0.4) is 0 Å². The molecule has 1 unspecified atom stereocenters. The number of thiocyanates is 1. The van der Waals surface area contributed by atoms with E-state index in [1.54, 1.807) is 11.8 Å². The van der Waals surface area contributed by atoms with Crippen molar-refractivity contribution in [2.24, 2.45) is 23.2 Å². The molecule has 0 aliphatic heterocycles. The molecule has 130 valence electrons. The molecular weight excluding hydrogens is 298 g/mol. The first kappa shape index (κ1) is 17.7. The molecule has 1 spiro atoms. The lowest BCUT2D eigenvalue weighted by molar-refractivity contribution is -0.0789. The fourth-order valence-corrected chi connectivity index (χ4v) is 7.16. The minimum absolute atomic E-state index is 0.634. The van der Waals surface area contributed by atoms with E-state index in [-0.39, 0.29) is 0 Å². The van der Waals surface area contributed by atoms with Crippen molar-refractivity contribution in [1.82, 2.24) is 0 Å². The lowest BCUT2D eigenvalue weighted by atomic mass is 9.47. The van der Waals surface area contributed by atoms with Gasteiger partial charge in [0, 0.05) is 5.25 Å². The predicted molar refractivity (Wildman–Crippen MR) is 100 cm³/mol. The van der Waals surface area contributed by atoms with Crippen LogP contribution in [-0.2, 0) is 0 Å². The number of hydrogen-bond donors (Lipinski definition) is 0. The number of nitriles is 1. The molecule has 0 aromatic heterocycles. The van der Waals surface area contributed by atoms with E-state index in [1.807, 2.05) is 0 Å². The highest BCUT2D eigenvalue weighted by Crippen LogP contribution is 2.62. The summed E-state index contributed by atoms with van der Waals surface area (Å²) in [5.41, 5.74) is 0.693. The monoisotopic (exact) mass is 333 g/mol. The molecule has 0 N–H and O–H groups in total. The third-order valence-corrected chi connectivity index (χ3v) is 8.41. The topological polar surface area (TPSA) is 23.8 Å². The second-order valence-corrected chi connectivity index (χ2v) is 9.66. The fourth-order valence-electron chi connectivity index (χ4n) is 6.48. The highest BCUT2D eigenvalue weighted by molar-refractivity contribution is 8.04. The zero-order chi connectivity index (χ0) is 16.1. The first-order valence-electron chi connectivity index (χ1n) is 10.3. The van der Waals surface area contributed by atoms with Crippen molar-refractivity contribution in [2.45, 2.75) is 102 Å². The number of thioether (sulfide) groups is 1. The largest absolute Gasteiger partial charge is 0.185 e. The van der Waals surface area contributed by atoms with Crippen LogP contribution in [0, 0.1) is 33.8 Å². The summed E-state index contributed by atoms with van der Waals surface area (Å²) in [4.78, 5) is 0. The van der Waals surface area contributed by atoms with Crippen molar-refractivity contribution >= 4 is 11.8 Å². The van der Waals surface area contributed by atoms with Crippen molar-refractivity contribution in [3.63, 3.8) is 0 Å². The Morgan fingerprint density at radius 3 is 2.78 bits per heavy atom. The molecule has 0 aromatic carbocycles. The Kier molecular flexibility index (Phi) is 6.36. The van der Waals surface area contributed by atoms with Crippen LogP contribution in [0.15, 0.2) is 0 Å². The Labute approximate surface area is 148 Å². The van der Waals surface area contributed by atoms with Gasteiger partial charge in [0.15, 0.2) is 0 Å². The molecule has 3 aliphatic carbocycles. The van der Waals surface area contributed by atoms with Crippen LogP contribution in [0.5, 0.6) is 0 Å². The zero-order valence-electron chi connectivity index (χ0n) is 15.1. The van der Waals surface area contributed by atoms with Gasteiger partial charge < -0.3 is 0 Å². The Morgan fingerprint density at radius 2 is 1.96 bits per heavy atom. The maximum absolute atomic E-state index is 9.12. The quantitative estimate of drug-likeness (QED) is 0.389. The van der Waals surface area contributed by atoms with E-state index in [9.17, 15) is 0 Å². The van der Waals surface area contributed by atoms with Gasteiger partial charge in [0.2, 0.25) is 0 Å². The van der Waals surface area contributed by atoms with Crippen LogP contribution in [0.4, 0.5) is 0 Å². The Morgan fingerprint density at radius 1 is 1.04 bits per heavy atom. The van der Waals surface area contributed by atoms with E-state index >= 15 is 0 Å². The minimum Gasteiger partial charge on any atom is -0.185 e. The van der Waals surface area contributed by atoms with Crippen molar-refractivity contribution < 1.29 is 0 Å².